The van der Waals surface area contributed by atoms with Crippen molar-refractivity contribution in [3.8, 4) is 11.5 Å². The van der Waals surface area contributed by atoms with Gasteiger partial charge in [0.15, 0.2) is 0 Å². The maximum absolute atomic E-state index is 14.5. The topological polar surface area (TPSA) is 89.6 Å². The highest BCUT2D eigenvalue weighted by Gasteiger charge is 2.38. The Morgan fingerprint density at radius 3 is 2.84 bits per heavy atom. The SMILES string of the molecule is COc1ccc(C[C@@]2(CCC(=O)NC[C@H](C)Oc3cccnc3)CCC(=O)N2)c(F)c1. The van der Waals surface area contributed by atoms with Crippen LogP contribution in [0.25, 0.3) is 0 Å². The van der Waals surface area contributed by atoms with Gasteiger partial charge in [0.05, 0.1) is 19.9 Å². The zero-order valence-electron chi connectivity index (χ0n) is 17.8. The fourth-order valence-corrected chi connectivity index (χ4v) is 3.73. The van der Waals surface area contributed by atoms with Crippen molar-refractivity contribution in [1.82, 2.24) is 15.6 Å². The van der Waals surface area contributed by atoms with E-state index in [-0.39, 0.29) is 30.2 Å². The van der Waals surface area contributed by atoms with Crippen molar-refractivity contribution in [3.63, 3.8) is 0 Å². The van der Waals surface area contributed by atoms with Crippen LogP contribution in [0.15, 0.2) is 42.7 Å². The van der Waals surface area contributed by atoms with E-state index in [0.29, 0.717) is 49.3 Å². The standard InChI is InChI=1S/C23H28FN3O4/c1-16(31-19-4-3-11-25-15-19)14-26-21(28)7-9-23(10-8-22(29)27-23)13-17-5-6-18(30-2)12-20(17)24/h3-6,11-12,15-16H,7-10,13-14H2,1-2H3,(H,26,28)(H,27,29)/t16-,23+/m0/s1. The van der Waals surface area contributed by atoms with E-state index in [0.717, 1.165) is 0 Å². The largest absolute Gasteiger partial charge is 0.497 e. The molecule has 0 bridgehead atoms. The van der Waals surface area contributed by atoms with Gasteiger partial charge in [-0.25, -0.2) is 4.39 Å². The van der Waals surface area contributed by atoms with Crippen LogP contribution < -0.4 is 20.1 Å². The van der Waals surface area contributed by atoms with Gasteiger partial charge < -0.3 is 20.1 Å². The second-order valence-corrected chi connectivity index (χ2v) is 7.88. The van der Waals surface area contributed by atoms with Gasteiger partial charge in [0.2, 0.25) is 11.8 Å². The molecule has 2 heterocycles. The molecule has 2 aromatic rings. The molecule has 0 saturated carbocycles. The molecule has 2 amide bonds. The van der Waals surface area contributed by atoms with Crippen LogP contribution in [0.4, 0.5) is 4.39 Å². The quantitative estimate of drug-likeness (QED) is 0.606. The third-order valence-electron chi connectivity index (χ3n) is 5.41. The number of aromatic nitrogens is 1. The van der Waals surface area contributed by atoms with Crippen molar-refractivity contribution >= 4 is 11.8 Å². The second-order valence-electron chi connectivity index (χ2n) is 7.88. The Labute approximate surface area is 181 Å². The molecule has 7 nitrogen and oxygen atoms in total. The number of rotatable bonds is 10. The molecule has 2 atom stereocenters. The van der Waals surface area contributed by atoms with Crippen LogP contribution in [0.5, 0.6) is 11.5 Å². The lowest BCUT2D eigenvalue weighted by molar-refractivity contribution is -0.123. The van der Waals surface area contributed by atoms with Crippen LogP contribution in [0.3, 0.4) is 0 Å². The number of carbonyl (C=O) groups is 2. The van der Waals surface area contributed by atoms with E-state index in [9.17, 15) is 14.0 Å². The van der Waals surface area contributed by atoms with E-state index < -0.39 is 5.54 Å². The minimum atomic E-state index is -0.637. The molecular weight excluding hydrogens is 401 g/mol. The van der Waals surface area contributed by atoms with Crippen molar-refractivity contribution in [1.29, 1.82) is 0 Å². The maximum Gasteiger partial charge on any atom is 0.220 e. The summed E-state index contributed by atoms with van der Waals surface area (Å²) < 4.78 is 25.2. The highest BCUT2D eigenvalue weighted by Crippen LogP contribution is 2.31. The summed E-state index contributed by atoms with van der Waals surface area (Å²) in [5.74, 6) is 0.474. The lowest BCUT2D eigenvalue weighted by Gasteiger charge is -2.29. The summed E-state index contributed by atoms with van der Waals surface area (Å²) in [6.07, 6.45) is 4.95. The van der Waals surface area contributed by atoms with Crippen LogP contribution in [-0.2, 0) is 16.0 Å². The molecule has 1 aromatic carbocycles. The lowest BCUT2D eigenvalue weighted by Crippen LogP contribution is -2.45. The number of nitrogens with one attached hydrogen (secondary N) is 2. The molecule has 1 fully saturated rings. The van der Waals surface area contributed by atoms with Crippen molar-refractivity contribution in [2.75, 3.05) is 13.7 Å². The fraction of sp³-hybridized carbons (Fsp3) is 0.435. The van der Waals surface area contributed by atoms with Gasteiger partial charge >= 0.3 is 0 Å². The molecule has 1 aliphatic rings. The second kappa shape index (κ2) is 10.2. The minimum absolute atomic E-state index is 0.0761. The van der Waals surface area contributed by atoms with Crippen LogP contribution >= 0.6 is 0 Å². The first-order chi connectivity index (χ1) is 14.9. The number of amides is 2. The van der Waals surface area contributed by atoms with Crippen LogP contribution in [-0.4, -0.2) is 42.1 Å². The van der Waals surface area contributed by atoms with Crippen molar-refractivity contribution in [3.05, 3.63) is 54.1 Å². The lowest BCUT2D eigenvalue weighted by atomic mass is 9.84. The first-order valence-corrected chi connectivity index (χ1v) is 10.4. The summed E-state index contributed by atoms with van der Waals surface area (Å²) in [7, 11) is 1.48. The fourth-order valence-electron chi connectivity index (χ4n) is 3.73. The van der Waals surface area contributed by atoms with E-state index in [1.165, 1.54) is 13.2 Å². The Bertz CT molecular complexity index is 909. The summed E-state index contributed by atoms with van der Waals surface area (Å²) in [5.41, 5.74) is -0.149. The molecule has 0 unspecified atom stereocenters. The number of pyridine rings is 1. The molecular formula is C23H28FN3O4. The van der Waals surface area contributed by atoms with Gasteiger partial charge in [-0.15, -0.1) is 0 Å². The summed E-state index contributed by atoms with van der Waals surface area (Å²) in [6, 6.07) is 8.27. The van der Waals surface area contributed by atoms with Gasteiger partial charge in [-0.3, -0.25) is 14.6 Å². The average Bonchev–Trinajstić information content (AvgIpc) is 3.13. The smallest absolute Gasteiger partial charge is 0.220 e. The Kier molecular flexibility index (Phi) is 7.44. The van der Waals surface area contributed by atoms with E-state index in [2.05, 4.69) is 15.6 Å². The normalized spacial score (nSPS) is 18.9. The number of carbonyl (C=O) groups excluding carboxylic acids is 2. The average molecular weight is 429 g/mol. The van der Waals surface area contributed by atoms with E-state index in [4.69, 9.17) is 9.47 Å². The summed E-state index contributed by atoms with van der Waals surface area (Å²) in [6.45, 7) is 2.21. The van der Waals surface area contributed by atoms with Crippen molar-refractivity contribution < 1.29 is 23.5 Å². The zero-order chi connectivity index (χ0) is 22.3. The molecule has 166 valence electrons. The van der Waals surface area contributed by atoms with Gasteiger partial charge in [0, 0.05) is 30.6 Å². The number of halogens is 1. The zero-order valence-corrected chi connectivity index (χ0v) is 17.8. The van der Waals surface area contributed by atoms with E-state index >= 15 is 0 Å². The molecule has 2 N–H and O–H groups in total. The highest BCUT2D eigenvalue weighted by molar-refractivity contribution is 5.80. The van der Waals surface area contributed by atoms with Crippen molar-refractivity contribution in [2.45, 2.75) is 50.7 Å². The Hall–Kier alpha value is -3.16. The highest BCUT2D eigenvalue weighted by atomic mass is 19.1. The minimum Gasteiger partial charge on any atom is -0.497 e. The van der Waals surface area contributed by atoms with Crippen LogP contribution in [0.1, 0.15) is 38.2 Å². The molecule has 0 radical (unpaired) electrons. The Balaban J connectivity index is 1.53. The monoisotopic (exact) mass is 429 g/mol. The van der Waals surface area contributed by atoms with Crippen LogP contribution in [0, 0.1) is 5.82 Å². The molecule has 1 aromatic heterocycles. The third-order valence-corrected chi connectivity index (χ3v) is 5.41. The Morgan fingerprint density at radius 2 is 2.19 bits per heavy atom. The van der Waals surface area contributed by atoms with Gasteiger partial charge in [-0.2, -0.15) is 0 Å². The molecule has 1 saturated heterocycles. The number of benzene rings is 1. The number of hydrogen-bond acceptors (Lipinski definition) is 5. The molecule has 1 aliphatic heterocycles. The van der Waals surface area contributed by atoms with Crippen LogP contribution in [0.2, 0.25) is 0 Å². The summed E-state index contributed by atoms with van der Waals surface area (Å²) >= 11 is 0. The molecule has 3 rings (SSSR count). The first kappa shape index (κ1) is 22.5. The summed E-state index contributed by atoms with van der Waals surface area (Å²) in [5, 5.41) is 5.83. The van der Waals surface area contributed by atoms with Gasteiger partial charge in [0.1, 0.15) is 23.4 Å². The summed E-state index contributed by atoms with van der Waals surface area (Å²) in [4.78, 5) is 28.3. The first-order valence-electron chi connectivity index (χ1n) is 10.4. The third kappa shape index (κ3) is 6.41. The van der Waals surface area contributed by atoms with Gasteiger partial charge in [0.25, 0.3) is 0 Å². The molecule has 8 heteroatoms. The van der Waals surface area contributed by atoms with E-state index in [1.807, 2.05) is 6.92 Å². The number of ether oxygens (including phenoxy) is 2. The van der Waals surface area contributed by atoms with Gasteiger partial charge in [-0.1, -0.05) is 6.07 Å². The van der Waals surface area contributed by atoms with E-state index in [1.54, 1.807) is 36.7 Å². The number of methoxy groups -OCH3 is 1. The molecule has 31 heavy (non-hydrogen) atoms. The van der Waals surface area contributed by atoms with Crippen molar-refractivity contribution in [2.24, 2.45) is 0 Å². The number of nitrogens with zero attached hydrogens (tertiary/aromatic N) is 1. The predicted octanol–water partition coefficient (Wildman–Crippen LogP) is 2.78. The molecule has 0 spiro atoms. The predicted molar refractivity (Wildman–Crippen MR) is 113 cm³/mol. The van der Waals surface area contributed by atoms with Gasteiger partial charge in [-0.05, 0) is 49.9 Å². The molecule has 0 aliphatic carbocycles. The number of hydrogen-bond donors (Lipinski definition) is 2. The Morgan fingerprint density at radius 1 is 1.35 bits per heavy atom. The maximum atomic E-state index is 14.5.